The van der Waals surface area contributed by atoms with Crippen molar-refractivity contribution >= 4 is 0 Å². The van der Waals surface area contributed by atoms with Crippen LogP contribution in [0.5, 0.6) is 0 Å². The summed E-state index contributed by atoms with van der Waals surface area (Å²) >= 11 is 0. The van der Waals surface area contributed by atoms with Crippen LogP contribution in [0.4, 0.5) is 8.78 Å². The van der Waals surface area contributed by atoms with Gasteiger partial charge in [0, 0.05) is 0 Å². The van der Waals surface area contributed by atoms with Gasteiger partial charge in [-0.25, -0.2) is 8.78 Å². The Morgan fingerprint density at radius 2 is 2.08 bits per heavy atom. The Bertz CT molecular complexity index is 124. The number of rotatable bonds is 5. The fourth-order valence-corrected chi connectivity index (χ4v) is 1.57. The zero-order chi connectivity index (χ0) is 8.97. The molecule has 0 amide bonds. The van der Waals surface area contributed by atoms with Crippen LogP contribution < -0.4 is 5.32 Å². The third-order valence-electron chi connectivity index (χ3n) is 2.56. The molecule has 72 valence electrons. The van der Waals surface area contributed by atoms with E-state index in [2.05, 4.69) is 5.32 Å². The number of hydrogen-bond acceptors (Lipinski definition) is 1. The maximum Gasteiger partial charge on any atom is 0.253 e. The molecule has 12 heavy (non-hydrogen) atoms. The first-order valence-corrected chi connectivity index (χ1v) is 4.77. The van der Waals surface area contributed by atoms with Crippen LogP contribution in [0.15, 0.2) is 0 Å². The van der Waals surface area contributed by atoms with Gasteiger partial charge in [0.2, 0.25) is 0 Å². The van der Waals surface area contributed by atoms with Gasteiger partial charge in [0.15, 0.2) is 0 Å². The second-order valence-corrected chi connectivity index (χ2v) is 3.51. The Balaban J connectivity index is 2.27. The Morgan fingerprint density at radius 3 is 2.42 bits per heavy atom. The minimum atomic E-state index is -2.19. The summed E-state index contributed by atoms with van der Waals surface area (Å²) in [6.45, 7) is 2.71. The Hall–Kier alpha value is -0.180. The van der Waals surface area contributed by atoms with E-state index < -0.39 is 12.5 Å². The average molecular weight is 177 g/mol. The molecule has 0 saturated heterocycles. The third-order valence-corrected chi connectivity index (χ3v) is 2.56. The van der Waals surface area contributed by atoms with E-state index >= 15 is 0 Å². The second kappa shape index (κ2) is 4.75. The van der Waals surface area contributed by atoms with Crippen molar-refractivity contribution in [3.8, 4) is 0 Å². The van der Waals surface area contributed by atoms with Crippen LogP contribution in [0.3, 0.4) is 0 Å². The van der Waals surface area contributed by atoms with Gasteiger partial charge >= 0.3 is 0 Å². The van der Waals surface area contributed by atoms with Gasteiger partial charge in [0.25, 0.3) is 6.43 Å². The lowest BCUT2D eigenvalue weighted by Gasteiger charge is -2.33. The van der Waals surface area contributed by atoms with Crippen molar-refractivity contribution in [2.75, 3.05) is 6.54 Å². The summed E-state index contributed by atoms with van der Waals surface area (Å²) in [5.41, 5.74) is 0. The van der Waals surface area contributed by atoms with E-state index in [-0.39, 0.29) is 5.92 Å². The van der Waals surface area contributed by atoms with Crippen LogP contribution in [0.1, 0.15) is 32.6 Å². The van der Waals surface area contributed by atoms with E-state index in [0.29, 0.717) is 6.54 Å². The standard InChI is InChI=1S/C9H17F2N/c1-2-6-12-8(9(10)11)7-4-3-5-7/h7-9,12H,2-6H2,1H3. The molecule has 1 aliphatic carbocycles. The van der Waals surface area contributed by atoms with E-state index in [4.69, 9.17) is 0 Å². The monoisotopic (exact) mass is 177 g/mol. The summed E-state index contributed by atoms with van der Waals surface area (Å²) in [6, 6.07) is -0.543. The smallest absolute Gasteiger partial charge is 0.253 e. The first kappa shape index (κ1) is 9.90. The minimum absolute atomic E-state index is 0.233. The zero-order valence-corrected chi connectivity index (χ0v) is 7.52. The molecule has 1 atom stereocenters. The second-order valence-electron chi connectivity index (χ2n) is 3.51. The molecule has 0 heterocycles. The lowest BCUT2D eigenvalue weighted by Crippen LogP contribution is -2.44. The van der Waals surface area contributed by atoms with Crippen LogP contribution in [0.25, 0.3) is 0 Å². The molecule has 1 unspecified atom stereocenters. The number of alkyl halides is 2. The summed E-state index contributed by atoms with van der Waals surface area (Å²) in [5, 5.41) is 2.92. The summed E-state index contributed by atoms with van der Waals surface area (Å²) in [4.78, 5) is 0. The van der Waals surface area contributed by atoms with Crippen molar-refractivity contribution in [3.63, 3.8) is 0 Å². The summed E-state index contributed by atoms with van der Waals surface area (Å²) in [7, 11) is 0. The molecule has 0 aromatic heterocycles. The van der Waals surface area contributed by atoms with E-state index in [9.17, 15) is 8.78 Å². The zero-order valence-electron chi connectivity index (χ0n) is 7.52. The quantitative estimate of drug-likeness (QED) is 0.680. The third kappa shape index (κ3) is 2.41. The van der Waals surface area contributed by atoms with Crippen molar-refractivity contribution in [2.45, 2.75) is 45.1 Å². The molecular formula is C9H17F2N. The predicted molar refractivity (Wildman–Crippen MR) is 45.4 cm³/mol. The fraction of sp³-hybridized carbons (Fsp3) is 1.00. The van der Waals surface area contributed by atoms with E-state index in [1.165, 1.54) is 0 Å². The number of nitrogens with one attached hydrogen (secondary N) is 1. The molecule has 3 heteroatoms. The first-order valence-electron chi connectivity index (χ1n) is 4.77. The Kier molecular flexibility index (Phi) is 3.92. The van der Waals surface area contributed by atoms with Crippen LogP contribution in [0, 0.1) is 5.92 Å². The molecule has 1 rings (SSSR count). The van der Waals surface area contributed by atoms with E-state index in [0.717, 1.165) is 25.7 Å². The lowest BCUT2D eigenvalue weighted by atomic mass is 9.80. The van der Waals surface area contributed by atoms with Gasteiger partial charge in [-0.1, -0.05) is 13.3 Å². The van der Waals surface area contributed by atoms with E-state index in [1.54, 1.807) is 0 Å². The largest absolute Gasteiger partial charge is 0.309 e. The molecule has 1 aliphatic rings. The van der Waals surface area contributed by atoms with Gasteiger partial charge in [-0.05, 0) is 31.7 Å². The average Bonchev–Trinajstić information content (AvgIpc) is 1.93. The molecule has 0 radical (unpaired) electrons. The van der Waals surface area contributed by atoms with Crippen molar-refractivity contribution < 1.29 is 8.78 Å². The first-order chi connectivity index (χ1) is 5.75. The lowest BCUT2D eigenvalue weighted by molar-refractivity contribution is 0.0454. The van der Waals surface area contributed by atoms with Gasteiger partial charge in [-0.2, -0.15) is 0 Å². The van der Waals surface area contributed by atoms with E-state index in [1.807, 2.05) is 6.92 Å². The van der Waals surface area contributed by atoms with Crippen LogP contribution in [-0.4, -0.2) is 19.0 Å². The van der Waals surface area contributed by atoms with Crippen molar-refractivity contribution in [3.05, 3.63) is 0 Å². The van der Waals surface area contributed by atoms with Crippen LogP contribution in [-0.2, 0) is 0 Å². The SMILES string of the molecule is CCCNC(C(F)F)C1CCC1. The molecule has 1 nitrogen and oxygen atoms in total. The summed E-state index contributed by atoms with van der Waals surface area (Å²) in [6.07, 6.45) is 1.82. The maximum absolute atomic E-state index is 12.4. The fourth-order valence-electron chi connectivity index (χ4n) is 1.57. The highest BCUT2D eigenvalue weighted by Gasteiger charge is 2.32. The molecule has 0 aliphatic heterocycles. The highest BCUT2D eigenvalue weighted by Crippen LogP contribution is 2.31. The number of hydrogen-bond donors (Lipinski definition) is 1. The van der Waals surface area contributed by atoms with Gasteiger partial charge in [-0.15, -0.1) is 0 Å². The minimum Gasteiger partial charge on any atom is -0.309 e. The molecule has 1 saturated carbocycles. The molecule has 0 aromatic rings. The molecular weight excluding hydrogens is 160 g/mol. The molecule has 1 N–H and O–H groups in total. The van der Waals surface area contributed by atoms with Gasteiger partial charge < -0.3 is 5.32 Å². The normalized spacial score (nSPS) is 21.0. The van der Waals surface area contributed by atoms with Gasteiger partial charge in [0.1, 0.15) is 0 Å². The van der Waals surface area contributed by atoms with Crippen molar-refractivity contribution in [1.82, 2.24) is 5.32 Å². The molecule has 0 bridgehead atoms. The number of halogens is 2. The van der Waals surface area contributed by atoms with Crippen LogP contribution >= 0.6 is 0 Å². The topological polar surface area (TPSA) is 12.0 Å². The highest BCUT2D eigenvalue weighted by atomic mass is 19.3. The molecule has 0 aromatic carbocycles. The summed E-state index contributed by atoms with van der Waals surface area (Å²) < 4.78 is 24.9. The predicted octanol–water partition coefficient (Wildman–Crippen LogP) is 2.42. The molecule has 1 fully saturated rings. The maximum atomic E-state index is 12.4. The Labute approximate surface area is 72.5 Å². The van der Waals surface area contributed by atoms with Crippen molar-refractivity contribution in [1.29, 1.82) is 0 Å². The van der Waals surface area contributed by atoms with Gasteiger partial charge in [-0.3, -0.25) is 0 Å². The highest BCUT2D eigenvalue weighted by molar-refractivity contribution is 4.84. The Morgan fingerprint density at radius 1 is 1.42 bits per heavy atom. The summed E-state index contributed by atoms with van der Waals surface area (Å²) in [5.74, 6) is 0.233. The molecule has 0 spiro atoms. The van der Waals surface area contributed by atoms with Crippen LogP contribution in [0.2, 0.25) is 0 Å². The van der Waals surface area contributed by atoms with Crippen molar-refractivity contribution in [2.24, 2.45) is 5.92 Å². The van der Waals surface area contributed by atoms with Gasteiger partial charge in [0.05, 0.1) is 6.04 Å².